The van der Waals surface area contributed by atoms with Crippen molar-refractivity contribution in [2.75, 3.05) is 26.7 Å². The van der Waals surface area contributed by atoms with Gasteiger partial charge in [-0.3, -0.25) is 9.69 Å². The van der Waals surface area contributed by atoms with Gasteiger partial charge in [0.2, 0.25) is 5.91 Å². The van der Waals surface area contributed by atoms with Gasteiger partial charge >= 0.3 is 0 Å². The predicted octanol–water partition coefficient (Wildman–Crippen LogP) is 0.737. The molecule has 0 saturated heterocycles. The van der Waals surface area contributed by atoms with Crippen LogP contribution in [0.15, 0.2) is 18.2 Å². The third-order valence-electron chi connectivity index (χ3n) is 2.83. The summed E-state index contributed by atoms with van der Waals surface area (Å²) < 4.78 is 13.5. The molecular weight excluding hydrogens is 259 g/mol. The lowest BCUT2D eigenvalue weighted by molar-refractivity contribution is -0.121. The number of carbonyl (C=O) groups excluding carboxylic acids is 1. The number of carbonyl (C=O) groups is 1. The Morgan fingerprint density at radius 3 is 2.85 bits per heavy atom. The highest BCUT2D eigenvalue weighted by atomic mass is 19.1. The number of likely N-dealkylation sites (N-methyl/N-ethyl adjacent to an activating group) is 2. The zero-order valence-corrected chi connectivity index (χ0v) is 11.7. The lowest BCUT2D eigenvalue weighted by Gasteiger charge is -2.19. The normalized spacial score (nSPS) is 10.1. The second-order valence-corrected chi connectivity index (χ2v) is 4.25. The number of benzene rings is 1. The summed E-state index contributed by atoms with van der Waals surface area (Å²) in [4.78, 5) is 13.3. The van der Waals surface area contributed by atoms with Crippen molar-refractivity contribution < 1.29 is 14.3 Å². The zero-order chi connectivity index (χ0) is 15.0. The summed E-state index contributed by atoms with van der Waals surface area (Å²) in [5.41, 5.74) is 1.13. The number of rotatable bonds is 5. The van der Waals surface area contributed by atoms with Crippen LogP contribution >= 0.6 is 0 Å². The summed E-state index contributed by atoms with van der Waals surface area (Å²) in [5.74, 6) is 4.53. The van der Waals surface area contributed by atoms with Gasteiger partial charge in [0.05, 0.1) is 12.1 Å². The highest BCUT2D eigenvalue weighted by Gasteiger charge is 2.09. The van der Waals surface area contributed by atoms with Gasteiger partial charge in [0.1, 0.15) is 12.4 Å². The van der Waals surface area contributed by atoms with Crippen molar-refractivity contribution in [3.05, 3.63) is 35.1 Å². The van der Waals surface area contributed by atoms with Gasteiger partial charge in [-0.1, -0.05) is 24.8 Å². The molecule has 108 valence electrons. The molecule has 1 rings (SSSR count). The molecule has 4 nitrogen and oxygen atoms in total. The van der Waals surface area contributed by atoms with E-state index in [-0.39, 0.29) is 18.1 Å². The van der Waals surface area contributed by atoms with E-state index in [1.807, 2.05) is 11.8 Å². The highest BCUT2D eigenvalue weighted by Crippen LogP contribution is 2.11. The standard InChI is InChI=1S/C15H19FN2O2/c1-3-18(11-15(20)17-2)10-12-6-7-14(16)13(9-12)5-4-8-19/h6-7,9,19H,3,8,10-11H2,1-2H3,(H,17,20). The van der Waals surface area contributed by atoms with Crippen LogP contribution in [0.2, 0.25) is 0 Å². The Morgan fingerprint density at radius 1 is 1.50 bits per heavy atom. The van der Waals surface area contributed by atoms with Crippen molar-refractivity contribution in [1.29, 1.82) is 0 Å². The van der Waals surface area contributed by atoms with Crippen molar-refractivity contribution in [3.63, 3.8) is 0 Å². The van der Waals surface area contributed by atoms with Crippen molar-refractivity contribution in [2.45, 2.75) is 13.5 Å². The molecule has 0 saturated carbocycles. The van der Waals surface area contributed by atoms with Crippen LogP contribution in [0.25, 0.3) is 0 Å². The minimum Gasteiger partial charge on any atom is -0.384 e. The van der Waals surface area contributed by atoms with Crippen molar-refractivity contribution >= 4 is 5.91 Å². The van der Waals surface area contributed by atoms with Gasteiger partial charge in [0.25, 0.3) is 0 Å². The molecule has 0 unspecified atom stereocenters. The molecular formula is C15H19FN2O2. The molecule has 2 N–H and O–H groups in total. The summed E-state index contributed by atoms with van der Waals surface area (Å²) >= 11 is 0. The average molecular weight is 278 g/mol. The maximum atomic E-state index is 13.5. The molecule has 5 heteroatoms. The molecule has 1 aromatic carbocycles. The van der Waals surface area contributed by atoms with Crippen LogP contribution in [-0.2, 0) is 11.3 Å². The lowest BCUT2D eigenvalue weighted by Crippen LogP contribution is -2.35. The largest absolute Gasteiger partial charge is 0.384 e. The van der Waals surface area contributed by atoms with Crippen LogP contribution in [0.4, 0.5) is 4.39 Å². The first kappa shape index (κ1) is 16.2. The minimum atomic E-state index is -0.413. The van der Waals surface area contributed by atoms with E-state index in [4.69, 9.17) is 5.11 Å². The third kappa shape index (κ3) is 5.00. The first-order valence-electron chi connectivity index (χ1n) is 6.41. The van der Waals surface area contributed by atoms with E-state index in [9.17, 15) is 9.18 Å². The Labute approximate surface area is 118 Å². The molecule has 0 aliphatic rings. The van der Waals surface area contributed by atoms with Crippen molar-refractivity contribution in [1.82, 2.24) is 10.2 Å². The fraction of sp³-hybridized carbons (Fsp3) is 0.400. The smallest absolute Gasteiger partial charge is 0.233 e. The molecule has 1 amide bonds. The zero-order valence-electron chi connectivity index (χ0n) is 11.7. The van der Waals surface area contributed by atoms with Crippen LogP contribution in [0.3, 0.4) is 0 Å². The SMILES string of the molecule is CCN(CC(=O)NC)Cc1ccc(F)c(C#CCO)c1. The summed E-state index contributed by atoms with van der Waals surface area (Å²) in [5, 5.41) is 11.2. The van der Waals surface area contributed by atoms with E-state index in [1.54, 1.807) is 19.2 Å². The quantitative estimate of drug-likeness (QED) is 0.781. The maximum Gasteiger partial charge on any atom is 0.233 e. The number of aliphatic hydroxyl groups is 1. The molecule has 0 spiro atoms. The fourth-order valence-corrected chi connectivity index (χ4v) is 1.72. The molecule has 1 aromatic rings. The van der Waals surface area contributed by atoms with Gasteiger partial charge in [-0.2, -0.15) is 0 Å². The summed E-state index contributed by atoms with van der Waals surface area (Å²) in [6.07, 6.45) is 0. The number of hydrogen-bond donors (Lipinski definition) is 2. The Bertz CT molecular complexity index is 520. The van der Waals surface area contributed by atoms with E-state index in [1.165, 1.54) is 6.07 Å². The second kappa shape index (κ2) is 8.31. The summed E-state index contributed by atoms with van der Waals surface area (Å²) in [7, 11) is 1.59. The second-order valence-electron chi connectivity index (χ2n) is 4.25. The van der Waals surface area contributed by atoms with Crippen LogP contribution in [0.5, 0.6) is 0 Å². The van der Waals surface area contributed by atoms with Crippen LogP contribution in [0, 0.1) is 17.7 Å². The van der Waals surface area contributed by atoms with Gasteiger partial charge in [-0.15, -0.1) is 0 Å². The molecule has 0 heterocycles. The highest BCUT2D eigenvalue weighted by molar-refractivity contribution is 5.77. The Hall–Kier alpha value is -1.90. The van der Waals surface area contributed by atoms with E-state index in [0.717, 1.165) is 5.56 Å². The Kier molecular flexibility index (Phi) is 6.71. The van der Waals surface area contributed by atoms with Gasteiger partial charge in [-0.05, 0) is 24.2 Å². The Morgan fingerprint density at radius 2 is 2.25 bits per heavy atom. The van der Waals surface area contributed by atoms with E-state index < -0.39 is 5.82 Å². The van der Waals surface area contributed by atoms with E-state index in [2.05, 4.69) is 17.2 Å². The van der Waals surface area contributed by atoms with E-state index in [0.29, 0.717) is 19.6 Å². The van der Waals surface area contributed by atoms with Crippen molar-refractivity contribution in [3.8, 4) is 11.8 Å². The number of nitrogens with one attached hydrogen (secondary N) is 1. The van der Waals surface area contributed by atoms with Gasteiger partial charge in [-0.25, -0.2) is 4.39 Å². The number of halogens is 1. The summed E-state index contributed by atoms with van der Waals surface area (Å²) in [6, 6.07) is 4.67. The molecule has 0 bridgehead atoms. The number of hydrogen-bond acceptors (Lipinski definition) is 3. The van der Waals surface area contributed by atoms with Gasteiger partial charge in [0.15, 0.2) is 0 Å². The van der Waals surface area contributed by atoms with Crippen LogP contribution in [-0.4, -0.2) is 42.7 Å². The monoisotopic (exact) mass is 278 g/mol. The first-order chi connectivity index (χ1) is 9.60. The number of amides is 1. The average Bonchev–Trinajstić information content (AvgIpc) is 2.46. The lowest BCUT2D eigenvalue weighted by atomic mass is 10.1. The molecule has 20 heavy (non-hydrogen) atoms. The number of nitrogens with zero attached hydrogens (tertiary/aromatic N) is 1. The minimum absolute atomic E-state index is 0.0609. The molecule has 0 atom stereocenters. The van der Waals surface area contributed by atoms with Crippen molar-refractivity contribution in [2.24, 2.45) is 0 Å². The maximum absolute atomic E-state index is 13.5. The first-order valence-corrected chi connectivity index (χ1v) is 6.41. The van der Waals surface area contributed by atoms with Gasteiger partial charge < -0.3 is 10.4 Å². The Balaban J connectivity index is 2.83. The fourth-order valence-electron chi connectivity index (χ4n) is 1.72. The molecule has 0 aliphatic carbocycles. The molecule has 0 fully saturated rings. The third-order valence-corrected chi connectivity index (χ3v) is 2.83. The number of aliphatic hydroxyl groups excluding tert-OH is 1. The molecule has 0 aromatic heterocycles. The van der Waals surface area contributed by atoms with Gasteiger partial charge in [0, 0.05) is 13.6 Å². The molecule has 0 radical (unpaired) electrons. The molecule has 0 aliphatic heterocycles. The van der Waals surface area contributed by atoms with Crippen LogP contribution in [0.1, 0.15) is 18.1 Å². The predicted molar refractivity (Wildman–Crippen MR) is 75.4 cm³/mol. The van der Waals surface area contributed by atoms with E-state index >= 15 is 0 Å². The summed E-state index contributed by atoms with van der Waals surface area (Å²) in [6.45, 7) is 3.20. The van der Waals surface area contributed by atoms with Crippen LogP contribution < -0.4 is 5.32 Å². The topological polar surface area (TPSA) is 52.6 Å².